The Labute approximate surface area is 157 Å². The molecule has 2 heterocycles. The van der Waals surface area contributed by atoms with Gasteiger partial charge in [0.25, 0.3) is 5.56 Å². The molecule has 2 aromatic heterocycles. The van der Waals surface area contributed by atoms with E-state index in [0.29, 0.717) is 29.1 Å². The molecule has 8 nitrogen and oxygen atoms in total. The van der Waals surface area contributed by atoms with Crippen molar-refractivity contribution in [3.63, 3.8) is 0 Å². The third-order valence-electron chi connectivity index (χ3n) is 4.51. The van der Waals surface area contributed by atoms with Gasteiger partial charge in [0, 0.05) is 12.1 Å². The van der Waals surface area contributed by atoms with E-state index < -0.39 is 6.04 Å². The number of carbonyl (C=O) groups excluding carboxylic acids is 1. The average molecular weight is 368 g/mol. The Kier molecular flexibility index (Phi) is 5.36. The van der Waals surface area contributed by atoms with Gasteiger partial charge in [-0.3, -0.25) is 14.5 Å². The molecule has 1 aromatic carbocycles. The predicted molar refractivity (Wildman–Crippen MR) is 105 cm³/mol. The molecule has 0 aliphatic heterocycles. The summed E-state index contributed by atoms with van der Waals surface area (Å²) in [6.45, 7) is 6.16. The molecule has 2 N–H and O–H groups in total. The molecular formula is C19H24N6O2. The van der Waals surface area contributed by atoms with Crippen LogP contribution in [0.2, 0.25) is 0 Å². The number of amides is 1. The van der Waals surface area contributed by atoms with Gasteiger partial charge in [-0.1, -0.05) is 12.1 Å². The summed E-state index contributed by atoms with van der Waals surface area (Å²) in [5.74, 6) is 1.03. The third-order valence-corrected chi connectivity index (χ3v) is 4.51. The number of H-pyrrole nitrogens is 1. The highest BCUT2D eigenvalue weighted by molar-refractivity contribution is 5.93. The minimum atomic E-state index is -0.419. The third kappa shape index (κ3) is 4.06. The highest BCUT2D eigenvalue weighted by atomic mass is 16.2. The van der Waals surface area contributed by atoms with Gasteiger partial charge in [0.2, 0.25) is 5.91 Å². The number of nitrogens with zero attached hydrogens (tertiary/aromatic N) is 4. The number of nitrogens with one attached hydrogen (secondary N) is 2. The number of likely N-dealkylation sites (N-methyl/N-ethyl adjacent to an activating group) is 1. The Balaban J connectivity index is 1.72. The van der Waals surface area contributed by atoms with E-state index in [1.807, 2.05) is 38.8 Å². The minimum Gasteiger partial charge on any atom is -0.310 e. The molecule has 0 fully saturated rings. The van der Waals surface area contributed by atoms with Crippen LogP contribution in [0.5, 0.6) is 0 Å². The normalized spacial score (nSPS) is 12.7. The molecule has 27 heavy (non-hydrogen) atoms. The summed E-state index contributed by atoms with van der Waals surface area (Å²) in [4.78, 5) is 33.9. The molecule has 0 aliphatic rings. The van der Waals surface area contributed by atoms with Gasteiger partial charge in [0.05, 0.1) is 29.7 Å². The van der Waals surface area contributed by atoms with Gasteiger partial charge in [-0.05, 0) is 40.0 Å². The van der Waals surface area contributed by atoms with Crippen LogP contribution >= 0.6 is 0 Å². The zero-order valence-corrected chi connectivity index (χ0v) is 15.9. The van der Waals surface area contributed by atoms with Gasteiger partial charge in [0.1, 0.15) is 11.6 Å². The SMILES string of the molecule is CC(C(=O)Nc1ccnn1C(C)C)N(C)Cc1nc2ccccc2c(=O)[nH]1. The first-order valence-corrected chi connectivity index (χ1v) is 8.89. The lowest BCUT2D eigenvalue weighted by Crippen LogP contribution is -2.40. The number of aromatic nitrogens is 4. The monoisotopic (exact) mass is 368 g/mol. The molecule has 0 saturated heterocycles. The van der Waals surface area contributed by atoms with Crippen molar-refractivity contribution in [1.29, 1.82) is 0 Å². The number of anilines is 1. The largest absolute Gasteiger partial charge is 0.310 e. The van der Waals surface area contributed by atoms with Crippen molar-refractivity contribution in [2.75, 3.05) is 12.4 Å². The highest BCUT2D eigenvalue weighted by Crippen LogP contribution is 2.14. The zero-order valence-electron chi connectivity index (χ0n) is 15.9. The Morgan fingerprint density at radius 2 is 2.00 bits per heavy atom. The van der Waals surface area contributed by atoms with Crippen LogP contribution in [0.1, 0.15) is 32.6 Å². The number of carbonyl (C=O) groups is 1. The van der Waals surface area contributed by atoms with E-state index in [-0.39, 0.29) is 17.5 Å². The Morgan fingerprint density at radius 1 is 1.26 bits per heavy atom. The summed E-state index contributed by atoms with van der Waals surface area (Å²) in [7, 11) is 1.82. The van der Waals surface area contributed by atoms with Crippen molar-refractivity contribution < 1.29 is 4.79 Å². The number of para-hydroxylation sites is 1. The summed E-state index contributed by atoms with van der Waals surface area (Å²) in [5.41, 5.74) is 0.463. The Bertz CT molecular complexity index is 1010. The second-order valence-corrected chi connectivity index (χ2v) is 6.86. The first-order chi connectivity index (χ1) is 12.9. The van der Waals surface area contributed by atoms with E-state index >= 15 is 0 Å². The zero-order chi connectivity index (χ0) is 19.6. The van der Waals surface area contributed by atoms with Crippen molar-refractivity contribution in [3.05, 3.63) is 52.7 Å². The molecular weight excluding hydrogens is 344 g/mol. The topological polar surface area (TPSA) is 95.9 Å². The maximum atomic E-state index is 12.6. The minimum absolute atomic E-state index is 0.148. The molecule has 142 valence electrons. The lowest BCUT2D eigenvalue weighted by atomic mass is 10.2. The van der Waals surface area contributed by atoms with E-state index in [1.165, 1.54) is 0 Å². The number of benzene rings is 1. The van der Waals surface area contributed by atoms with Crippen LogP contribution in [0.3, 0.4) is 0 Å². The number of hydrogen-bond acceptors (Lipinski definition) is 5. The summed E-state index contributed by atoms with van der Waals surface area (Å²) >= 11 is 0. The van der Waals surface area contributed by atoms with E-state index in [4.69, 9.17) is 0 Å². The van der Waals surface area contributed by atoms with Crippen LogP contribution < -0.4 is 10.9 Å². The Morgan fingerprint density at radius 3 is 2.74 bits per heavy atom. The van der Waals surface area contributed by atoms with Gasteiger partial charge in [-0.25, -0.2) is 9.67 Å². The lowest BCUT2D eigenvalue weighted by Gasteiger charge is -2.23. The van der Waals surface area contributed by atoms with E-state index in [9.17, 15) is 9.59 Å². The quantitative estimate of drug-likeness (QED) is 0.695. The molecule has 1 atom stereocenters. The van der Waals surface area contributed by atoms with Crippen molar-refractivity contribution >= 4 is 22.6 Å². The number of fused-ring (bicyclic) bond motifs is 1. The summed E-state index contributed by atoms with van der Waals surface area (Å²) in [6, 6.07) is 8.69. The van der Waals surface area contributed by atoms with Crippen molar-refractivity contribution in [2.45, 2.75) is 39.4 Å². The number of rotatable bonds is 6. The molecule has 0 spiro atoms. The first-order valence-electron chi connectivity index (χ1n) is 8.89. The Hall–Kier alpha value is -3.00. The molecule has 8 heteroatoms. The molecule has 3 rings (SSSR count). The van der Waals surface area contributed by atoms with Gasteiger partial charge >= 0.3 is 0 Å². The van der Waals surface area contributed by atoms with Gasteiger partial charge in [-0.2, -0.15) is 5.10 Å². The fourth-order valence-corrected chi connectivity index (χ4v) is 2.84. The molecule has 0 aliphatic carbocycles. The first kappa shape index (κ1) is 18.8. The maximum absolute atomic E-state index is 12.6. The molecule has 0 saturated carbocycles. The van der Waals surface area contributed by atoms with Crippen LogP contribution in [0.25, 0.3) is 10.9 Å². The van der Waals surface area contributed by atoms with Crippen molar-refractivity contribution in [3.8, 4) is 0 Å². The number of hydrogen-bond donors (Lipinski definition) is 2. The van der Waals surface area contributed by atoms with E-state index in [2.05, 4.69) is 20.4 Å². The summed E-state index contributed by atoms with van der Waals surface area (Å²) in [6.07, 6.45) is 1.66. The van der Waals surface area contributed by atoms with Crippen LogP contribution in [0.15, 0.2) is 41.3 Å². The fraction of sp³-hybridized carbons (Fsp3) is 0.368. The van der Waals surface area contributed by atoms with E-state index in [1.54, 1.807) is 35.1 Å². The second-order valence-electron chi connectivity index (χ2n) is 6.86. The van der Waals surface area contributed by atoms with Crippen LogP contribution in [0.4, 0.5) is 5.82 Å². The molecule has 0 bridgehead atoms. The van der Waals surface area contributed by atoms with E-state index in [0.717, 1.165) is 0 Å². The van der Waals surface area contributed by atoms with Crippen LogP contribution in [0, 0.1) is 0 Å². The highest BCUT2D eigenvalue weighted by Gasteiger charge is 2.21. The molecule has 1 unspecified atom stereocenters. The predicted octanol–water partition coefficient (Wildman–Crippen LogP) is 2.16. The molecule has 0 radical (unpaired) electrons. The van der Waals surface area contributed by atoms with Crippen molar-refractivity contribution in [2.24, 2.45) is 0 Å². The molecule has 1 amide bonds. The van der Waals surface area contributed by atoms with Crippen LogP contribution in [-0.2, 0) is 11.3 Å². The standard InChI is InChI=1S/C19H24N6O2/c1-12(2)25-17(9-10-20-25)23-18(26)13(3)24(4)11-16-21-15-8-6-5-7-14(15)19(27)22-16/h5-10,12-13H,11H2,1-4H3,(H,23,26)(H,21,22,27). The van der Waals surface area contributed by atoms with Gasteiger partial charge in [0.15, 0.2) is 0 Å². The average Bonchev–Trinajstić information content (AvgIpc) is 3.09. The molecule has 3 aromatic rings. The van der Waals surface area contributed by atoms with Crippen molar-refractivity contribution in [1.82, 2.24) is 24.6 Å². The smallest absolute Gasteiger partial charge is 0.258 e. The second kappa shape index (κ2) is 7.71. The van der Waals surface area contributed by atoms with Crippen LogP contribution in [-0.4, -0.2) is 43.6 Å². The number of aromatic amines is 1. The summed E-state index contributed by atoms with van der Waals surface area (Å²) < 4.78 is 1.76. The summed E-state index contributed by atoms with van der Waals surface area (Å²) in [5, 5.41) is 7.68. The van der Waals surface area contributed by atoms with Gasteiger partial charge < -0.3 is 10.3 Å². The van der Waals surface area contributed by atoms with Gasteiger partial charge in [-0.15, -0.1) is 0 Å². The fourth-order valence-electron chi connectivity index (χ4n) is 2.84. The lowest BCUT2D eigenvalue weighted by molar-refractivity contribution is -0.120. The maximum Gasteiger partial charge on any atom is 0.258 e.